The fourth-order valence-electron chi connectivity index (χ4n) is 2.61. The normalized spacial score (nSPS) is 16.7. The van der Waals surface area contributed by atoms with Crippen LogP contribution in [0.5, 0.6) is 0 Å². The van der Waals surface area contributed by atoms with Crippen molar-refractivity contribution in [3.05, 3.63) is 28.3 Å². The number of H-pyrrole nitrogens is 2. The molecule has 1 fully saturated rings. The Balaban J connectivity index is 0.000000148. The first-order valence-electron chi connectivity index (χ1n) is 7.21. The maximum atomic E-state index is 11.1. The largest absolute Gasteiger partial charge is 0.328 e. The van der Waals surface area contributed by atoms with E-state index in [9.17, 15) is 4.79 Å². The highest BCUT2D eigenvalue weighted by molar-refractivity contribution is 5.79. The molecule has 0 radical (unpaired) electrons. The standard InChI is InChI=1S/C8H16.C7H7N3O/c1-8-6-4-2-3-5-7-8;1-4-6-5(10-9-4)2-3-8-7(6)11/h8H,2-7H2,1H3;2-3H,1H3,(H,8,11)(H,9,10). The van der Waals surface area contributed by atoms with Crippen LogP contribution < -0.4 is 5.56 Å². The molecule has 0 aromatic carbocycles. The van der Waals surface area contributed by atoms with E-state index in [-0.39, 0.29) is 5.56 Å². The minimum Gasteiger partial charge on any atom is -0.328 e. The summed E-state index contributed by atoms with van der Waals surface area (Å²) in [5, 5.41) is 7.33. The van der Waals surface area contributed by atoms with Gasteiger partial charge in [-0.3, -0.25) is 9.89 Å². The molecule has 2 heterocycles. The van der Waals surface area contributed by atoms with Crippen molar-refractivity contribution < 1.29 is 0 Å². The van der Waals surface area contributed by atoms with Gasteiger partial charge < -0.3 is 4.98 Å². The Morgan fingerprint density at radius 2 is 1.89 bits per heavy atom. The first-order valence-corrected chi connectivity index (χ1v) is 7.21. The van der Waals surface area contributed by atoms with Gasteiger partial charge in [0.1, 0.15) is 0 Å². The summed E-state index contributed by atoms with van der Waals surface area (Å²) in [6, 6.07) is 1.76. The summed E-state index contributed by atoms with van der Waals surface area (Å²) in [5.41, 5.74) is 1.43. The lowest BCUT2D eigenvalue weighted by Gasteiger charge is -2.02. The van der Waals surface area contributed by atoms with E-state index in [0.717, 1.165) is 11.6 Å². The molecule has 2 aromatic heterocycles. The molecule has 1 aliphatic rings. The third-order valence-corrected chi connectivity index (χ3v) is 3.80. The van der Waals surface area contributed by atoms with Gasteiger partial charge in [-0.1, -0.05) is 45.4 Å². The summed E-state index contributed by atoms with van der Waals surface area (Å²) in [4.78, 5) is 13.7. The zero-order valence-electron chi connectivity index (χ0n) is 11.8. The highest BCUT2D eigenvalue weighted by Crippen LogP contribution is 2.21. The van der Waals surface area contributed by atoms with Crippen molar-refractivity contribution >= 4 is 10.9 Å². The van der Waals surface area contributed by atoms with Gasteiger partial charge in [0.25, 0.3) is 5.56 Å². The van der Waals surface area contributed by atoms with Crippen molar-refractivity contribution in [3.8, 4) is 0 Å². The van der Waals surface area contributed by atoms with Crippen molar-refractivity contribution in [3.63, 3.8) is 0 Å². The topological polar surface area (TPSA) is 61.5 Å². The lowest BCUT2D eigenvalue weighted by molar-refractivity contribution is 0.505. The molecule has 0 spiro atoms. The first kappa shape index (κ1) is 13.8. The number of nitrogens with one attached hydrogen (secondary N) is 2. The number of aromatic amines is 2. The van der Waals surface area contributed by atoms with Crippen molar-refractivity contribution in [2.45, 2.75) is 52.4 Å². The van der Waals surface area contributed by atoms with E-state index in [0.29, 0.717) is 10.9 Å². The monoisotopic (exact) mass is 261 g/mol. The number of nitrogens with zero attached hydrogens (tertiary/aromatic N) is 1. The van der Waals surface area contributed by atoms with Crippen molar-refractivity contribution in [1.82, 2.24) is 15.2 Å². The fraction of sp³-hybridized carbons (Fsp3) is 0.600. The van der Waals surface area contributed by atoms with Crippen molar-refractivity contribution in [2.75, 3.05) is 0 Å². The summed E-state index contributed by atoms with van der Waals surface area (Å²) in [6.07, 6.45) is 10.5. The predicted molar refractivity (Wildman–Crippen MR) is 78.3 cm³/mol. The van der Waals surface area contributed by atoms with Crippen molar-refractivity contribution in [2.24, 2.45) is 5.92 Å². The second-order valence-corrected chi connectivity index (χ2v) is 5.51. The molecule has 0 aliphatic heterocycles. The van der Waals surface area contributed by atoms with Gasteiger partial charge in [-0.25, -0.2) is 0 Å². The van der Waals surface area contributed by atoms with Crippen LogP contribution in [-0.4, -0.2) is 15.2 Å². The van der Waals surface area contributed by atoms with Crippen LogP contribution in [-0.2, 0) is 0 Å². The molecule has 0 saturated heterocycles. The number of pyridine rings is 1. The molecular formula is C15H23N3O. The van der Waals surface area contributed by atoms with E-state index in [1.54, 1.807) is 12.3 Å². The Morgan fingerprint density at radius 1 is 1.21 bits per heavy atom. The lowest BCUT2D eigenvalue weighted by atomic mass is 10.0. The van der Waals surface area contributed by atoms with Gasteiger partial charge in [-0.2, -0.15) is 5.10 Å². The molecule has 104 valence electrons. The smallest absolute Gasteiger partial charge is 0.259 e. The van der Waals surface area contributed by atoms with Crippen LogP contribution in [0.15, 0.2) is 17.1 Å². The SMILES string of the molecule is CC1CCCCCC1.Cc1[nH]nc2cc[nH]c(=O)c12. The Hall–Kier alpha value is -1.58. The number of hydrogen-bond donors (Lipinski definition) is 2. The van der Waals surface area contributed by atoms with Gasteiger partial charge in [0.15, 0.2) is 0 Å². The highest BCUT2D eigenvalue weighted by atomic mass is 16.1. The summed E-state index contributed by atoms with van der Waals surface area (Å²) < 4.78 is 0. The Morgan fingerprint density at radius 3 is 2.53 bits per heavy atom. The number of aryl methyl sites for hydroxylation is 1. The minimum absolute atomic E-state index is 0.0891. The summed E-state index contributed by atoms with van der Waals surface area (Å²) in [7, 11) is 0. The maximum Gasteiger partial charge on any atom is 0.259 e. The molecule has 1 saturated carbocycles. The second kappa shape index (κ2) is 6.55. The lowest BCUT2D eigenvalue weighted by Crippen LogP contribution is -2.03. The van der Waals surface area contributed by atoms with E-state index in [2.05, 4.69) is 22.1 Å². The molecule has 1 aliphatic carbocycles. The Bertz CT molecular complexity index is 562. The van der Waals surface area contributed by atoms with Crippen LogP contribution in [0.4, 0.5) is 0 Å². The zero-order valence-corrected chi connectivity index (χ0v) is 11.8. The third-order valence-electron chi connectivity index (χ3n) is 3.80. The molecule has 2 aromatic rings. The average Bonchev–Trinajstić information content (AvgIpc) is 2.62. The molecule has 3 rings (SSSR count). The molecule has 19 heavy (non-hydrogen) atoms. The first-order chi connectivity index (χ1) is 9.18. The third kappa shape index (κ3) is 3.69. The number of fused-ring (bicyclic) bond motifs is 1. The quantitative estimate of drug-likeness (QED) is 0.712. The van der Waals surface area contributed by atoms with E-state index in [1.165, 1.54) is 38.5 Å². The molecule has 4 heteroatoms. The summed E-state index contributed by atoms with van der Waals surface area (Å²) in [5.74, 6) is 1.03. The van der Waals surface area contributed by atoms with E-state index < -0.39 is 0 Å². The molecule has 0 bridgehead atoms. The van der Waals surface area contributed by atoms with Crippen LogP contribution in [0.2, 0.25) is 0 Å². The molecule has 2 N–H and O–H groups in total. The van der Waals surface area contributed by atoms with Gasteiger partial charge in [-0.15, -0.1) is 0 Å². The number of aromatic nitrogens is 3. The molecule has 0 atom stereocenters. The maximum absolute atomic E-state index is 11.1. The van der Waals surface area contributed by atoms with E-state index >= 15 is 0 Å². The van der Waals surface area contributed by atoms with Gasteiger partial charge >= 0.3 is 0 Å². The van der Waals surface area contributed by atoms with E-state index in [1.807, 2.05) is 6.92 Å². The minimum atomic E-state index is -0.0891. The van der Waals surface area contributed by atoms with Crippen LogP contribution in [0.1, 0.15) is 51.1 Å². The van der Waals surface area contributed by atoms with E-state index in [4.69, 9.17) is 0 Å². The summed E-state index contributed by atoms with van der Waals surface area (Å²) in [6.45, 7) is 4.20. The highest BCUT2D eigenvalue weighted by Gasteiger charge is 2.05. The van der Waals surface area contributed by atoms with Gasteiger partial charge in [-0.05, 0) is 18.9 Å². The molecule has 0 amide bonds. The Kier molecular flexibility index (Phi) is 4.77. The van der Waals surface area contributed by atoms with Gasteiger partial charge in [0.2, 0.25) is 0 Å². The summed E-state index contributed by atoms with van der Waals surface area (Å²) >= 11 is 0. The fourth-order valence-corrected chi connectivity index (χ4v) is 2.61. The number of rotatable bonds is 0. The van der Waals surface area contributed by atoms with Crippen molar-refractivity contribution in [1.29, 1.82) is 0 Å². The zero-order chi connectivity index (χ0) is 13.7. The molecule has 0 unspecified atom stereocenters. The van der Waals surface area contributed by atoms with Gasteiger partial charge in [0.05, 0.1) is 10.9 Å². The molecule has 4 nitrogen and oxygen atoms in total. The van der Waals surface area contributed by atoms with Crippen LogP contribution in [0.25, 0.3) is 10.9 Å². The van der Waals surface area contributed by atoms with Gasteiger partial charge in [0, 0.05) is 11.9 Å². The van der Waals surface area contributed by atoms with Crippen LogP contribution in [0, 0.1) is 12.8 Å². The van der Waals surface area contributed by atoms with Crippen LogP contribution in [0.3, 0.4) is 0 Å². The molecular weight excluding hydrogens is 238 g/mol. The van der Waals surface area contributed by atoms with Crippen LogP contribution >= 0.6 is 0 Å². The number of hydrogen-bond acceptors (Lipinski definition) is 2. The average molecular weight is 261 g/mol. The Labute approximate surface area is 113 Å². The second-order valence-electron chi connectivity index (χ2n) is 5.51. The predicted octanol–water partition coefficient (Wildman–Crippen LogP) is 3.54.